The van der Waals surface area contributed by atoms with Gasteiger partial charge in [0.2, 0.25) is 10.0 Å². The number of anilines is 2. The van der Waals surface area contributed by atoms with Crippen LogP contribution in [-0.2, 0) is 10.0 Å². The van der Waals surface area contributed by atoms with Crippen molar-refractivity contribution in [3.8, 4) is 5.75 Å². The first-order valence-corrected chi connectivity index (χ1v) is 11.7. The fourth-order valence-electron chi connectivity index (χ4n) is 3.18. The summed E-state index contributed by atoms with van der Waals surface area (Å²) in [5, 5.41) is 0. The molecule has 1 aromatic carbocycles. The average Bonchev–Trinajstić information content (AvgIpc) is 2.69. The summed E-state index contributed by atoms with van der Waals surface area (Å²) in [5.74, 6) is 2.71. The Morgan fingerprint density at radius 3 is 2.45 bits per heavy atom. The molecule has 2 heterocycles. The van der Waals surface area contributed by atoms with Crippen molar-refractivity contribution in [2.75, 3.05) is 56.7 Å². The number of ether oxygens (including phenoxy) is 1. The lowest BCUT2D eigenvalue weighted by atomic mass is 10.3. The molecule has 29 heavy (non-hydrogen) atoms. The first-order valence-electron chi connectivity index (χ1n) is 9.43. The third kappa shape index (κ3) is 4.81. The quantitative estimate of drug-likeness (QED) is 0.624. The summed E-state index contributed by atoms with van der Waals surface area (Å²) in [4.78, 5) is 13.2. The third-order valence-corrected chi connectivity index (χ3v) is 7.07. The Morgan fingerprint density at radius 1 is 1.14 bits per heavy atom. The Kier molecular flexibility index (Phi) is 6.65. The molecule has 0 atom stereocenters. The minimum atomic E-state index is -3.66. The molecule has 0 saturated carbocycles. The van der Waals surface area contributed by atoms with Crippen LogP contribution in [-0.4, -0.2) is 69.6 Å². The highest BCUT2D eigenvalue weighted by Crippen LogP contribution is 2.31. The summed E-state index contributed by atoms with van der Waals surface area (Å²) < 4.78 is 34.3. The molecule has 3 rings (SSSR count). The van der Waals surface area contributed by atoms with E-state index < -0.39 is 10.0 Å². The number of halogens is 1. The van der Waals surface area contributed by atoms with Gasteiger partial charge in [-0.3, -0.25) is 0 Å². The molecule has 0 radical (unpaired) electrons. The number of aryl methyl sites for hydroxylation is 1. The smallest absolute Gasteiger partial charge is 0.246 e. The number of piperazine rings is 1. The van der Waals surface area contributed by atoms with Crippen LogP contribution in [0.25, 0.3) is 0 Å². The topological polar surface area (TPSA) is 78.9 Å². The van der Waals surface area contributed by atoms with E-state index >= 15 is 0 Å². The molecular weight excluding hydrogens is 458 g/mol. The first-order chi connectivity index (χ1) is 13.7. The van der Waals surface area contributed by atoms with E-state index in [1.54, 1.807) is 18.2 Å². The summed E-state index contributed by atoms with van der Waals surface area (Å²) in [6, 6.07) is 6.99. The number of rotatable bonds is 6. The molecule has 1 aromatic heterocycles. The predicted octanol–water partition coefficient (Wildman–Crippen LogP) is 2.52. The van der Waals surface area contributed by atoms with Crippen LogP contribution in [0.4, 0.5) is 11.6 Å². The van der Waals surface area contributed by atoms with Gasteiger partial charge in [0.05, 0.1) is 6.61 Å². The Bertz CT molecular complexity index is 976. The summed E-state index contributed by atoms with van der Waals surface area (Å²) in [6.07, 6.45) is 0. The zero-order chi connectivity index (χ0) is 21.2. The fraction of sp³-hybridized carbons (Fsp3) is 0.474. The number of benzene rings is 1. The van der Waals surface area contributed by atoms with Gasteiger partial charge in [-0.1, -0.05) is 15.9 Å². The molecule has 0 N–H and O–H groups in total. The van der Waals surface area contributed by atoms with E-state index in [0.717, 1.165) is 11.6 Å². The molecule has 2 aromatic rings. The van der Waals surface area contributed by atoms with Crippen molar-refractivity contribution in [1.29, 1.82) is 0 Å². The SMILES string of the molecule is CCOc1ccc(Br)cc1S(=O)(=O)N1CCN(c2cc(N(C)C)nc(C)n2)CC1. The van der Waals surface area contributed by atoms with Gasteiger partial charge in [-0.15, -0.1) is 0 Å². The largest absolute Gasteiger partial charge is 0.492 e. The van der Waals surface area contributed by atoms with Crippen LogP contribution in [0.2, 0.25) is 0 Å². The number of hydrogen-bond donors (Lipinski definition) is 0. The second kappa shape index (κ2) is 8.85. The molecule has 0 bridgehead atoms. The maximum atomic E-state index is 13.3. The van der Waals surface area contributed by atoms with Crippen LogP contribution < -0.4 is 14.5 Å². The lowest BCUT2D eigenvalue weighted by Crippen LogP contribution is -2.49. The van der Waals surface area contributed by atoms with E-state index in [1.165, 1.54) is 4.31 Å². The highest BCUT2D eigenvalue weighted by atomic mass is 79.9. The lowest BCUT2D eigenvalue weighted by molar-refractivity contribution is 0.327. The highest BCUT2D eigenvalue weighted by Gasteiger charge is 2.31. The minimum absolute atomic E-state index is 0.190. The minimum Gasteiger partial charge on any atom is -0.492 e. The first kappa shape index (κ1) is 21.8. The highest BCUT2D eigenvalue weighted by molar-refractivity contribution is 9.10. The average molecular weight is 484 g/mol. The molecule has 8 nitrogen and oxygen atoms in total. The fourth-order valence-corrected chi connectivity index (χ4v) is 5.27. The van der Waals surface area contributed by atoms with E-state index in [2.05, 4.69) is 30.8 Å². The molecule has 1 saturated heterocycles. The Morgan fingerprint density at radius 2 is 1.83 bits per heavy atom. The normalized spacial score (nSPS) is 15.4. The monoisotopic (exact) mass is 483 g/mol. The van der Waals surface area contributed by atoms with Crippen LogP contribution in [0, 0.1) is 6.92 Å². The van der Waals surface area contributed by atoms with Crippen LogP contribution in [0.3, 0.4) is 0 Å². The van der Waals surface area contributed by atoms with E-state index in [9.17, 15) is 8.42 Å². The predicted molar refractivity (Wildman–Crippen MR) is 117 cm³/mol. The summed E-state index contributed by atoms with van der Waals surface area (Å²) in [5.41, 5.74) is 0. The number of sulfonamides is 1. The molecule has 1 fully saturated rings. The Hall–Kier alpha value is -1.91. The number of hydrogen-bond acceptors (Lipinski definition) is 7. The molecule has 158 valence electrons. The van der Waals surface area contributed by atoms with Gasteiger partial charge in [0.1, 0.15) is 28.1 Å². The molecule has 1 aliphatic heterocycles. The van der Waals surface area contributed by atoms with Crippen molar-refractivity contribution in [3.63, 3.8) is 0 Å². The van der Waals surface area contributed by atoms with Gasteiger partial charge in [-0.05, 0) is 32.0 Å². The zero-order valence-corrected chi connectivity index (χ0v) is 19.5. The molecule has 0 amide bonds. The summed E-state index contributed by atoms with van der Waals surface area (Å²) in [6.45, 7) is 5.96. The van der Waals surface area contributed by atoms with Gasteiger partial charge >= 0.3 is 0 Å². The van der Waals surface area contributed by atoms with Gasteiger partial charge in [0.25, 0.3) is 0 Å². The van der Waals surface area contributed by atoms with Crippen molar-refractivity contribution in [2.45, 2.75) is 18.7 Å². The van der Waals surface area contributed by atoms with Gasteiger partial charge in [0, 0.05) is 50.8 Å². The van der Waals surface area contributed by atoms with Gasteiger partial charge < -0.3 is 14.5 Å². The molecule has 0 aliphatic carbocycles. The van der Waals surface area contributed by atoms with Crippen molar-refractivity contribution < 1.29 is 13.2 Å². The Labute approximate surface area is 180 Å². The maximum absolute atomic E-state index is 13.3. The van der Waals surface area contributed by atoms with Crippen LogP contribution in [0.5, 0.6) is 5.75 Å². The van der Waals surface area contributed by atoms with Gasteiger partial charge in [0.15, 0.2) is 0 Å². The van der Waals surface area contributed by atoms with E-state index in [0.29, 0.717) is 48.8 Å². The second-order valence-electron chi connectivity index (χ2n) is 6.94. The standard InChI is InChI=1S/C19H26BrN5O3S/c1-5-28-16-7-6-15(20)12-17(16)29(26,27)25-10-8-24(9-11-25)19-13-18(23(3)4)21-14(2)22-19/h6-7,12-13H,5,8-11H2,1-4H3. The molecule has 0 unspecified atom stereocenters. The van der Waals surface area contributed by atoms with Crippen molar-refractivity contribution in [2.24, 2.45) is 0 Å². The second-order valence-corrected chi connectivity index (χ2v) is 9.76. The molecular formula is C19H26BrN5O3S. The van der Waals surface area contributed by atoms with E-state index in [-0.39, 0.29) is 4.90 Å². The summed E-state index contributed by atoms with van der Waals surface area (Å²) in [7, 11) is 0.207. The Balaban J connectivity index is 1.80. The van der Waals surface area contributed by atoms with Gasteiger partial charge in [-0.2, -0.15) is 4.31 Å². The van der Waals surface area contributed by atoms with Crippen molar-refractivity contribution >= 4 is 37.6 Å². The summed E-state index contributed by atoms with van der Waals surface area (Å²) >= 11 is 3.36. The zero-order valence-electron chi connectivity index (χ0n) is 17.1. The number of nitrogens with zero attached hydrogens (tertiary/aromatic N) is 5. The lowest BCUT2D eigenvalue weighted by Gasteiger charge is -2.35. The maximum Gasteiger partial charge on any atom is 0.246 e. The molecule has 10 heteroatoms. The molecule has 1 aliphatic rings. The van der Waals surface area contributed by atoms with E-state index in [4.69, 9.17) is 4.74 Å². The van der Waals surface area contributed by atoms with Crippen molar-refractivity contribution in [1.82, 2.24) is 14.3 Å². The number of aromatic nitrogens is 2. The van der Waals surface area contributed by atoms with E-state index in [1.807, 2.05) is 38.9 Å². The van der Waals surface area contributed by atoms with Crippen LogP contribution >= 0.6 is 15.9 Å². The van der Waals surface area contributed by atoms with Crippen LogP contribution in [0.1, 0.15) is 12.7 Å². The van der Waals surface area contributed by atoms with Gasteiger partial charge in [-0.25, -0.2) is 18.4 Å². The van der Waals surface area contributed by atoms with Crippen LogP contribution in [0.15, 0.2) is 33.6 Å². The van der Waals surface area contributed by atoms with Crippen molar-refractivity contribution in [3.05, 3.63) is 34.6 Å². The third-order valence-electron chi connectivity index (χ3n) is 4.66. The molecule has 0 spiro atoms.